The van der Waals surface area contributed by atoms with Crippen LogP contribution < -0.4 is 10.6 Å². The first-order valence-corrected chi connectivity index (χ1v) is 8.90. The van der Waals surface area contributed by atoms with Gasteiger partial charge in [-0.15, -0.1) is 34.2 Å². The Morgan fingerprint density at radius 3 is 2.62 bits per heavy atom. The zero-order valence-electron chi connectivity index (χ0n) is 15.5. The molecule has 1 fully saturated rings. The van der Waals surface area contributed by atoms with Crippen molar-refractivity contribution in [2.45, 2.75) is 66.0 Å². The van der Waals surface area contributed by atoms with E-state index < -0.39 is 0 Å². The van der Waals surface area contributed by atoms with Crippen LogP contribution in [0.4, 0.5) is 0 Å². The molecule has 1 aliphatic rings. The van der Waals surface area contributed by atoms with Crippen molar-refractivity contribution in [2.24, 2.45) is 16.3 Å². The molecule has 7 heteroatoms. The molecule has 1 aromatic rings. The number of aryl methyl sites for hydroxylation is 1. The molecule has 1 aliphatic carbocycles. The fourth-order valence-electron chi connectivity index (χ4n) is 3.78. The van der Waals surface area contributed by atoms with Crippen LogP contribution >= 0.6 is 24.0 Å². The standard InChI is InChI=1S/C17H32N6.HI/c1-5-23-13-21-22-15(23)11-19-16(18-4)20-12-17(10-14(2)3)8-6-7-9-17;/h13-14H,5-12H2,1-4H3,(H2,18,19,20);1H. The Morgan fingerprint density at radius 1 is 1.33 bits per heavy atom. The molecule has 0 atom stereocenters. The second-order valence-corrected chi connectivity index (χ2v) is 7.12. The van der Waals surface area contributed by atoms with Crippen molar-refractivity contribution >= 4 is 29.9 Å². The lowest BCUT2D eigenvalue weighted by atomic mass is 9.78. The summed E-state index contributed by atoms with van der Waals surface area (Å²) >= 11 is 0. The summed E-state index contributed by atoms with van der Waals surface area (Å²) in [5, 5.41) is 15.0. The molecule has 0 saturated heterocycles. The summed E-state index contributed by atoms with van der Waals surface area (Å²) < 4.78 is 2.04. The molecule has 0 unspecified atom stereocenters. The molecule has 0 radical (unpaired) electrons. The Bertz CT molecular complexity index is 505. The minimum atomic E-state index is 0. The minimum Gasteiger partial charge on any atom is -0.356 e. The molecule has 0 amide bonds. The van der Waals surface area contributed by atoms with Gasteiger partial charge in [-0.25, -0.2) is 0 Å². The summed E-state index contributed by atoms with van der Waals surface area (Å²) in [7, 11) is 1.82. The van der Waals surface area contributed by atoms with E-state index in [4.69, 9.17) is 0 Å². The average molecular weight is 448 g/mol. The van der Waals surface area contributed by atoms with Gasteiger partial charge in [0.1, 0.15) is 6.33 Å². The van der Waals surface area contributed by atoms with E-state index in [9.17, 15) is 0 Å². The predicted molar refractivity (Wildman–Crippen MR) is 110 cm³/mol. The zero-order valence-corrected chi connectivity index (χ0v) is 17.8. The molecule has 0 bridgehead atoms. The third kappa shape index (κ3) is 5.89. The molecule has 1 aromatic heterocycles. The van der Waals surface area contributed by atoms with Gasteiger partial charge >= 0.3 is 0 Å². The maximum atomic E-state index is 4.35. The molecule has 138 valence electrons. The number of rotatable bonds is 7. The smallest absolute Gasteiger partial charge is 0.191 e. The predicted octanol–water partition coefficient (Wildman–Crippen LogP) is 3.19. The molecule has 1 saturated carbocycles. The highest BCUT2D eigenvalue weighted by molar-refractivity contribution is 14.0. The normalized spacial score (nSPS) is 17.0. The quantitative estimate of drug-likeness (QED) is 0.382. The van der Waals surface area contributed by atoms with Crippen molar-refractivity contribution in [1.82, 2.24) is 25.4 Å². The van der Waals surface area contributed by atoms with Crippen LogP contribution in [0.5, 0.6) is 0 Å². The topological polar surface area (TPSA) is 67.1 Å². The van der Waals surface area contributed by atoms with E-state index in [2.05, 4.69) is 46.6 Å². The van der Waals surface area contributed by atoms with E-state index in [1.807, 2.05) is 11.6 Å². The first-order valence-electron chi connectivity index (χ1n) is 8.90. The van der Waals surface area contributed by atoms with Gasteiger partial charge < -0.3 is 15.2 Å². The number of hydrogen-bond acceptors (Lipinski definition) is 3. The summed E-state index contributed by atoms with van der Waals surface area (Å²) in [5.74, 6) is 2.53. The molecule has 0 aromatic carbocycles. The van der Waals surface area contributed by atoms with Crippen LogP contribution in [0.15, 0.2) is 11.3 Å². The second-order valence-electron chi connectivity index (χ2n) is 7.12. The maximum absolute atomic E-state index is 4.35. The second kappa shape index (κ2) is 10.2. The van der Waals surface area contributed by atoms with Gasteiger partial charge in [0.25, 0.3) is 0 Å². The number of hydrogen-bond donors (Lipinski definition) is 2. The number of aliphatic imine (C=N–C) groups is 1. The van der Waals surface area contributed by atoms with Crippen LogP contribution in [-0.2, 0) is 13.1 Å². The first-order chi connectivity index (χ1) is 11.1. The molecule has 24 heavy (non-hydrogen) atoms. The highest BCUT2D eigenvalue weighted by Gasteiger charge is 2.34. The molecule has 0 spiro atoms. The third-order valence-electron chi connectivity index (χ3n) is 4.81. The van der Waals surface area contributed by atoms with Gasteiger partial charge in [0.2, 0.25) is 0 Å². The third-order valence-corrected chi connectivity index (χ3v) is 4.81. The summed E-state index contributed by atoms with van der Waals surface area (Å²) in [6.07, 6.45) is 8.45. The summed E-state index contributed by atoms with van der Waals surface area (Å²) in [6, 6.07) is 0. The fourth-order valence-corrected chi connectivity index (χ4v) is 3.78. The molecular formula is C17H33IN6. The Labute approximate surface area is 163 Å². The van der Waals surface area contributed by atoms with Crippen molar-refractivity contribution in [1.29, 1.82) is 0 Å². The van der Waals surface area contributed by atoms with Crippen molar-refractivity contribution < 1.29 is 0 Å². The molecular weight excluding hydrogens is 415 g/mol. The Hall–Kier alpha value is -0.860. The van der Waals surface area contributed by atoms with Crippen LogP contribution in [0.1, 0.15) is 58.7 Å². The molecule has 2 rings (SSSR count). The lowest BCUT2D eigenvalue weighted by Gasteiger charge is -2.31. The number of nitrogens with zero attached hydrogens (tertiary/aromatic N) is 4. The number of aromatic nitrogens is 3. The van der Waals surface area contributed by atoms with E-state index in [1.165, 1.54) is 32.1 Å². The molecule has 2 N–H and O–H groups in total. The molecule has 1 heterocycles. The lowest BCUT2D eigenvalue weighted by Crippen LogP contribution is -2.43. The van der Waals surface area contributed by atoms with Crippen LogP contribution in [0.25, 0.3) is 0 Å². The summed E-state index contributed by atoms with van der Waals surface area (Å²) in [4.78, 5) is 4.35. The van der Waals surface area contributed by atoms with Crippen molar-refractivity contribution in [3.8, 4) is 0 Å². The van der Waals surface area contributed by atoms with E-state index in [-0.39, 0.29) is 24.0 Å². The van der Waals surface area contributed by atoms with Gasteiger partial charge in [-0.05, 0) is 37.5 Å². The van der Waals surface area contributed by atoms with Crippen molar-refractivity contribution in [3.63, 3.8) is 0 Å². The summed E-state index contributed by atoms with van der Waals surface area (Å²) in [6.45, 7) is 9.27. The lowest BCUT2D eigenvalue weighted by molar-refractivity contribution is 0.234. The van der Waals surface area contributed by atoms with Gasteiger partial charge in [0, 0.05) is 20.1 Å². The van der Waals surface area contributed by atoms with Gasteiger partial charge in [-0.2, -0.15) is 0 Å². The minimum absolute atomic E-state index is 0. The first kappa shape index (κ1) is 21.2. The van der Waals surface area contributed by atoms with E-state index in [0.29, 0.717) is 12.0 Å². The van der Waals surface area contributed by atoms with Crippen LogP contribution in [0, 0.1) is 11.3 Å². The monoisotopic (exact) mass is 448 g/mol. The van der Waals surface area contributed by atoms with Gasteiger partial charge in [0.05, 0.1) is 6.54 Å². The van der Waals surface area contributed by atoms with Crippen molar-refractivity contribution in [3.05, 3.63) is 12.2 Å². The number of halogens is 1. The van der Waals surface area contributed by atoms with Gasteiger partial charge in [-0.1, -0.05) is 26.7 Å². The zero-order chi connectivity index (χ0) is 16.7. The maximum Gasteiger partial charge on any atom is 0.191 e. The Morgan fingerprint density at radius 2 is 2.04 bits per heavy atom. The largest absolute Gasteiger partial charge is 0.356 e. The van der Waals surface area contributed by atoms with Crippen LogP contribution in [0.3, 0.4) is 0 Å². The Kier molecular flexibility index (Phi) is 9.01. The van der Waals surface area contributed by atoms with Crippen molar-refractivity contribution in [2.75, 3.05) is 13.6 Å². The molecule has 6 nitrogen and oxygen atoms in total. The fraction of sp³-hybridized carbons (Fsp3) is 0.824. The number of nitrogens with one attached hydrogen (secondary N) is 2. The van der Waals surface area contributed by atoms with E-state index >= 15 is 0 Å². The highest BCUT2D eigenvalue weighted by Crippen LogP contribution is 2.42. The number of guanidine groups is 1. The van der Waals surface area contributed by atoms with Gasteiger partial charge in [-0.3, -0.25) is 4.99 Å². The highest BCUT2D eigenvalue weighted by atomic mass is 127. The van der Waals surface area contributed by atoms with E-state index in [1.54, 1.807) is 6.33 Å². The van der Waals surface area contributed by atoms with Crippen LogP contribution in [-0.4, -0.2) is 34.3 Å². The van der Waals surface area contributed by atoms with Crippen LogP contribution in [0.2, 0.25) is 0 Å². The molecule has 0 aliphatic heterocycles. The Balaban J connectivity index is 0.00000288. The average Bonchev–Trinajstić information content (AvgIpc) is 3.16. The van der Waals surface area contributed by atoms with E-state index in [0.717, 1.165) is 30.8 Å². The summed E-state index contributed by atoms with van der Waals surface area (Å²) in [5.41, 5.74) is 0.440. The van der Waals surface area contributed by atoms with Gasteiger partial charge in [0.15, 0.2) is 11.8 Å². The SMILES string of the molecule is CCn1cnnc1CNC(=NC)NCC1(CC(C)C)CCCC1.I.